The van der Waals surface area contributed by atoms with Crippen LogP contribution in [0.2, 0.25) is 5.02 Å². The maximum atomic E-state index is 13.0. The van der Waals surface area contributed by atoms with Gasteiger partial charge in [0.15, 0.2) is 5.82 Å². The van der Waals surface area contributed by atoms with Crippen LogP contribution in [0.25, 0.3) is 11.5 Å². The lowest BCUT2D eigenvalue weighted by Gasteiger charge is -2.09. The van der Waals surface area contributed by atoms with Gasteiger partial charge in [-0.05, 0) is 44.9 Å². The van der Waals surface area contributed by atoms with Crippen molar-refractivity contribution in [2.45, 2.75) is 37.5 Å². The minimum atomic E-state index is -3.88. The highest BCUT2D eigenvalue weighted by atomic mass is 35.5. The van der Waals surface area contributed by atoms with E-state index in [1.54, 1.807) is 38.1 Å². The third-order valence-corrected chi connectivity index (χ3v) is 6.05. The summed E-state index contributed by atoms with van der Waals surface area (Å²) in [5.41, 5.74) is 1.93. The van der Waals surface area contributed by atoms with E-state index in [2.05, 4.69) is 19.8 Å². The molecule has 0 amide bonds. The molecule has 26 heavy (non-hydrogen) atoms. The quantitative estimate of drug-likeness (QED) is 0.683. The molecule has 9 heteroatoms. The topological polar surface area (TPSA) is 101 Å². The van der Waals surface area contributed by atoms with Crippen LogP contribution in [0.3, 0.4) is 0 Å². The fourth-order valence-electron chi connectivity index (χ4n) is 2.95. The first-order valence-electron chi connectivity index (χ1n) is 8.16. The summed E-state index contributed by atoms with van der Waals surface area (Å²) in [7, 11) is -3.88. The van der Waals surface area contributed by atoms with Gasteiger partial charge in [0.2, 0.25) is 0 Å². The Morgan fingerprint density at radius 2 is 2.04 bits per heavy atom. The Labute approximate surface area is 155 Å². The fraction of sp³-hybridized carbons (Fsp3) is 0.294. The molecular weight excluding hydrogens is 376 g/mol. The first-order chi connectivity index (χ1) is 12.3. The van der Waals surface area contributed by atoms with E-state index >= 15 is 0 Å². The molecule has 1 saturated carbocycles. The Hall–Kier alpha value is -2.32. The normalized spacial score (nSPS) is 14.6. The summed E-state index contributed by atoms with van der Waals surface area (Å²) in [5, 5.41) is 4.43. The molecule has 0 spiro atoms. The number of aromatic nitrogens is 3. The molecule has 136 valence electrons. The van der Waals surface area contributed by atoms with Crippen molar-refractivity contribution in [3.05, 3.63) is 46.5 Å². The van der Waals surface area contributed by atoms with Crippen LogP contribution in [0.5, 0.6) is 0 Å². The van der Waals surface area contributed by atoms with E-state index in [4.69, 9.17) is 16.1 Å². The minimum absolute atomic E-state index is 0.0981. The van der Waals surface area contributed by atoms with Crippen LogP contribution in [0.1, 0.15) is 36.0 Å². The summed E-state index contributed by atoms with van der Waals surface area (Å²) in [4.78, 5) is 7.56. The minimum Gasteiger partial charge on any atom is -0.361 e. The second-order valence-corrected chi connectivity index (χ2v) is 8.48. The number of benzene rings is 1. The lowest BCUT2D eigenvalue weighted by Crippen LogP contribution is -2.14. The number of aromatic amines is 1. The molecule has 3 aromatic rings. The highest BCUT2D eigenvalue weighted by molar-refractivity contribution is 7.93. The summed E-state index contributed by atoms with van der Waals surface area (Å²) in [6, 6.07) is 6.53. The molecule has 4 rings (SSSR count). The van der Waals surface area contributed by atoms with E-state index < -0.39 is 10.0 Å². The van der Waals surface area contributed by atoms with Gasteiger partial charge in [0.05, 0.1) is 11.3 Å². The predicted octanol–water partition coefficient (Wildman–Crippen LogP) is 4.01. The van der Waals surface area contributed by atoms with Crippen LogP contribution in [0, 0.1) is 13.8 Å². The van der Waals surface area contributed by atoms with E-state index in [9.17, 15) is 8.42 Å². The van der Waals surface area contributed by atoms with Gasteiger partial charge < -0.3 is 9.51 Å². The highest BCUT2D eigenvalue weighted by Crippen LogP contribution is 2.40. The van der Waals surface area contributed by atoms with Gasteiger partial charge in [0.25, 0.3) is 15.9 Å². The molecule has 0 bridgehead atoms. The average Bonchev–Trinajstić information content (AvgIpc) is 3.20. The van der Waals surface area contributed by atoms with Crippen molar-refractivity contribution in [2.75, 3.05) is 4.72 Å². The SMILES string of the molecule is Cc1[nH]c(C)c(S(=O)(=O)Nc2cccc(Cl)c2)c1-c1nc(C2CC2)no1. The maximum Gasteiger partial charge on any atom is 0.264 e. The molecule has 7 nitrogen and oxygen atoms in total. The zero-order valence-electron chi connectivity index (χ0n) is 14.2. The Balaban J connectivity index is 1.77. The van der Waals surface area contributed by atoms with Gasteiger partial charge in [-0.2, -0.15) is 4.98 Å². The van der Waals surface area contributed by atoms with Gasteiger partial charge in [-0.25, -0.2) is 8.42 Å². The lowest BCUT2D eigenvalue weighted by molar-refractivity contribution is 0.421. The molecule has 1 aliphatic rings. The van der Waals surface area contributed by atoms with Gasteiger partial charge in [-0.15, -0.1) is 0 Å². The number of aryl methyl sites for hydroxylation is 2. The van der Waals surface area contributed by atoms with Crippen molar-refractivity contribution in [3.63, 3.8) is 0 Å². The fourth-order valence-corrected chi connectivity index (χ4v) is 4.65. The van der Waals surface area contributed by atoms with Crippen molar-refractivity contribution in [2.24, 2.45) is 0 Å². The van der Waals surface area contributed by atoms with Crippen LogP contribution in [-0.2, 0) is 10.0 Å². The molecule has 1 aliphatic carbocycles. The van der Waals surface area contributed by atoms with Crippen molar-refractivity contribution in [1.82, 2.24) is 15.1 Å². The van der Waals surface area contributed by atoms with E-state index in [1.165, 1.54) is 0 Å². The third kappa shape index (κ3) is 3.10. The van der Waals surface area contributed by atoms with E-state index in [0.717, 1.165) is 12.8 Å². The lowest BCUT2D eigenvalue weighted by atomic mass is 10.2. The molecule has 2 heterocycles. The van der Waals surface area contributed by atoms with Crippen molar-refractivity contribution < 1.29 is 12.9 Å². The first-order valence-corrected chi connectivity index (χ1v) is 10.0. The standard InChI is InChI=1S/C17H17ClN4O3S/c1-9-14(17-20-16(21-25-17)11-6-7-11)15(10(2)19-9)26(23,24)22-13-5-3-4-12(18)8-13/h3-5,8,11,19,22H,6-7H2,1-2H3. The number of hydrogen-bond acceptors (Lipinski definition) is 5. The van der Waals surface area contributed by atoms with Gasteiger partial charge >= 0.3 is 0 Å². The van der Waals surface area contributed by atoms with E-state index in [-0.39, 0.29) is 10.8 Å². The summed E-state index contributed by atoms with van der Waals surface area (Å²) in [6.07, 6.45) is 2.07. The zero-order chi connectivity index (χ0) is 18.5. The Morgan fingerprint density at radius 3 is 2.73 bits per heavy atom. The molecule has 1 aromatic carbocycles. The molecule has 1 fully saturated rings. The molecule has 0 radical (unpaired) electrons. The monoisotopic (exact) mass is 392 g/mol. The maximum absolute atomic E-state index is 13.0. The van der Waals surface area contributed by atoms with E-state index in [0.29, 0.717) is 39.4 Å². The number of nitrogens with zero attached hydrogens (tertiary/aromatic N) is 2. The van der Waals surface area contributed by atoms with Crippen LogP contribution in [-0.4, -0.2) is 23.5 Å². The van der Waals surface area contributed by atoms with Gasteiger partial charge in [-0.3, -0.25) is 4.72 Å². The van der Waals surface area contributed by atoms with Crippen LogP contribution >= 0.6 is 11.6 Å². The number of rotatable bonds is 5. The second kappa shape index (κ2) is 6.14. The number of halogens is 1. The molecule has 2 N–H and O–H groups in total. The van der Waals surface area contributed by atoms with Crippen molar-refractivity contribution in [1.29, 1.82) is 0 Å². The number of H-pyrrole nitrogens is 1. The second-order valence-electron chi connectivity index (χ2n) is 6.43. The van der Waals surface area contributed by atoms with Gasteiger partial charge in [0, 0.05) is 22.3 Å². The van der Waals surface area contributed by atoms with E-state index in [1.807, 2.05) is 0 Å². The average molecular weight is 393 g/mol. The number of hydrogen-bond donors (Lipinski definition) is 2. The van der Waals surface area contributed by atoms with Crippen molar-refractivity contribution >= 4 is 27.3 Å². The predicted molar refractivity (Wildman–Crippen MR) is 97.8 cm³/mol. The van der Waals surface area contributed by atoms with Crippen LogP contribution in [0.4, 0.5) is 5.69 Å². The Kier molecular flexibility index (Phi) is 4.04. The van der Waals surface area contributed by atoms with Gasteiger partial charge in [0.1, 0.15) is 4.90 Å². The Bertz CT molecular complexity index is 1080. The van der Waals surface area contributed by atoms with Gasteiger partial charge in [-0.1, -0.05) is 22.8 Å². The Morgan fingerprint density at radius 1 is 1.27 bits per heavy atom. The molecule has 0 unspecified atom stereocenters. The molecule has 0 atom stereocenters. The molecular formula is C17H17ClN4O3S. The number of nitrogens with one attached hydrogen (secondary N) is 2. The van der Waals surface area contributed by atoms with Crippen LogP contribution < -0.4 is 4.72 Å². The summed E-state index contributed by atoms with van der Waals surface area (Å²) in [5.74, 6) is 1.15. The number of sulfonamides is 1. The summed E-state index contributed by atoms with van der Waals surface area (Å²) in [6.45, 7) is 3.48. The molecule has 0 aliphatic heterocycles. The molecule has 2 aromatic heterocycles. The third-order valence-electron chi connectivity index (χ3n) is 4.26. The van der Waals surface area contributed by atoms with Crippen molar-refractivity contribution in [3.8, 4) is 11.5 Å². The summed E-state index contributed by atoms with van der Waals surface area (Å²) >= 11 is 5.95. The van der Waals surface area contributed by atoms with Crippen LogP contribution in [0.15, 0.2) is 33.7 Å². The largest absolute Gasteiger partial charge is 0.361 e. The number of anilines is 1. The summed E-state index contributed by atoms with van der Waals surface area (Å²) < 4.78 is 34.0. The smallest absolute Gasteiger partial charge is 0.264 e. The zero-order valence-corrected chi connectivity index (χ0v) is 15.8. The highest BCUT2D eigenvalue weighted by Gasteiger charge is 2.32. The first kappa shape index (κ1) is 17.1. The molecule has 0 saturated heterocycles.